The van der Waals surface area contributed by atoms with Crippen molar-refractivity contribution in [2.45, 2.75) is 65.2 Å². The molecule has 1 saturated heterocycles. The zero-order chi connectivity index (χ0) is 29.5. The molecule has 1 fully saturated rings. The van der Waals surface area contributed by atoms with Crippen LogP contribution in [-0.4, -0.2) is 67.0 Å². The van der Waals surface area contributed by atoms with Crippen molar-refractivity contribution < 1.29 is 38.1 Å². The molecule has 41 heavy (non-hydrogen) atoms. The average molecular weight is 564 g/mol. The van der Waals surface area contributed by atoms with E-state index in [2.05, 4.69) is 0 Å². The maximum atomic E-state index is 13.0. The van der Waals surface area contributed by atoms with Gasteiger partial charge in [-0.1, -0.05) is 19.1 Å². The number of likely N-dealkylation sites (tertiary alicyclic amines) is 1. The quantitative estimate of drug-likeness (QED) is 0.357. The van der Waals surface area contributed by atoms with E-state index in [9.17, 15) is 19.2 Å². The summed E-state index contributed by atoms with van der Waals surface area (Å²) in [7, 11) is 1.57. The lowest BCUT2D eigenvalue weighted by Crippen LogP contribution is -2.44. The second-order valence-corrected chi connectivity index (χ2v) is 12.2. The summed E-state index contributed by atoms with van der Waals surface area (Å²) in [5.41, 5.74) is 4.16. The molecule has 1 unspecified atom stereocenters. The lowest BCUT2D eigenvalue weighted by Gasteiger charge is -2.27. The predicted molar refractivity (Wildman–Crippen MR) is 150 cm³/mol. The summed E-state index contributed by atoms with van der Waals surface area (Å²) >= 11 is 0. The number of hydrogen-bond acceptors (Lipinski definition) is 8. The third-order valence-corrected chi connectivity index (χ3v) is 7.90. The number of nitrogens with zero attached hydrogens (tertiary/aromatic N) is 1. The van der Waals surface area contributed by atoms with Gasteiger partial charge in [0.05, 0.1) is 6.61 Å². The molecule has 0 radical (unpaired) electrons. The lowest BCUT2D eigenvalue weighted by molar-refractivity contribution is -0.147. The summed E-state index contributed by atoms with van der Waals surface area (Å²) in [5.74, 6) is -0.208. The van der Waals surface area contributed by atoms with E-state index in [-0.39, 0.29) is 30.0 Å². The van der Waals surface area contributed by atoms with Crippen LogP contribution < -0.4 is 4.74 Å². The molecule has 0 N–H and O–H groups in total. The number of methoxy groups -OCH3 is 1. The topological polar surface area (TPSA) is 108 Å². The molecule has 1 aliphatic carbocycles. The van der Waals surface area contributed by atoms with E-state index in [4.69, 9.17) is 18.9 Å². The van der Waals surface area contributed by atoms with Gasteiger partial charge in [0.2, 0.25) is 0 Å². The van der Waals surface area contributed by atoms with Gasteiger partial charge < -0.3 is 18.9 Å². The number of ketones is 2. The summed E-state index contributed by atoms with van der Waals surface area (Å²) < 4.78 is 22.1. The van der Waals surface area contributed by atoms with Crippen LogP contribution in [-0.2, 0) is 32.0 Å². The molecule has 0 saturated carbocycles. The molecular formula is C32H37NO8. The Morgan fingerprint density at radius 1 is 1.05 bits per heavy atom. The second kappa shape index (κ2) is 11.3. The zero-order valence-corrected chi connectivity index (χ0v) is 24.3. The first kappa shape index (κ1) is 28.8. The van der Waals surface area contributed by atoms with Crippen LogP contribution in [0.5, 0.6) is 5.75 Å². The van der Waals surface area contributed by atoms with Crippen LogP contribution >= 0.6 is 0 Å². The smallest absolute Gasteiger partial charge is 0.411 e. The average Bonchev–Trinajstić information content (AvgIpc) is 3.36. The molecule has 0 aromatic heterocycles. The van der Waals surface area contributed by atoms with Gasteiger partial charge in [0.1, 0.15) is 24.0 Å². The van der Waals surface area contributed by atoms with Gasteiger partial charge in [-0.3, -0.25) is 14.5 Å². The predicted octanol–water partition coefficient (Wildman–Crippen LogP) is 5.01. The van der Waals surface area contributed by atoms with E-state index >= 15 is 0 Å². The number of fused-ring (bicyclic) bond motifs is 4. The largest absolute Gasteiger partial charge is 0.488 e. The van der Waals surface area contributed by atoms with Gasteiger partial charge in [-0.25, -0.2) is 9.59 Å². The number of hydrogen-bond donors (Lipinski definition) is 0. The summed E-state index contributed by atoms with van der Waals surface area (Å²) in [6.45, 7) is 7.75. The summed E-state index contributed by atoms with van der Waals surface area (Å²) in [6, 6.07) is 8.39. The molecule has 2 aromatic carbocycles. The van der Waals surface area contributed by atoms with Crippen molar-refractivity contribution in [3.8, 4) is 16.9 Å². The fourth-order valence-electron chi connectivity index (χ4n) is 5.81. The number of carbonyl (C=O) groups is 4. The second-order valence-electron chi connectivity index (χ2n) is 12.2. The Bertz CT molecular complexity index is 1390. The number of carbonyl (C=O) groups excluding carboxylic acids is 4. The number of rotatable bonds is 6. The molecule has 3 atom stereocenters. The van der Waals surface area contributed by atoms with Gasteiger partial charge in [-0.05, 0) is 74.9 Å². The number of benzene rings is 2. The van der Waals surface area contributed by atoms with Crippen LogP contribution in [0.3, 0.4) is 0 Å². The number of ether oxygens (including phenoxy) is 4. The molecule has 9 heteroatoms. The minimum atomic E-state index is -0.855. The van der Waals surface area contributed by atoms with E-state index in [0.717, 1.165) is 40.7 Å². The van der Waals surface area contributed by atoms with E-state index in [0.29, 0.717) is 30.9 Å². The van der Waals surface area contributed by atoms with Gasteiger partial charge in [0.25, 0.3) is 0 Å². The maximum absolute atomic E-state index is 13.0. The zero-order valence-electron chi connectivity index (χ0n) is 24.3. The summed E-state index contributed by atoms with van der Waals surface area (Å²) in [5, 5.41) is 0. The van der Waals surface area contributed by atoms with Gasteiger partial charge in [-0.2, -0.15) is 0 Å². The normalized spacial score (nSPS) is 21.3. The number of esters is 1. The molecule has 0 bridgehead atoms. The van der Waals surface area contributed by atoms with Crippen LogP contribution in [0.15, 0.2) is 30.3 Å². The van der Waals surface area contributed by atoms with Gasteiger partial charge >= 0.3 is 12.1 Å². The molecule has 2 aromatic rings. The van der Waals surface area contributed by atoms with Crippen molar-refractivity contribution in [3.63, 3.8) is 0 Å². The fraction of sp³-hybridized carbons (Fsp3) is 0.500. The first-order valence-electron chi connectivity index (χ1n) is 14.1. The molecule has 9 nitrogen and oxygen atoms in total. The number of aryl methyl sites for hydroxylation is 1. The monoisotopic (exact) mass is 563 g/mol. The first-order valence-corrected chi connectivity index (χ1v) is 14.1. The van der Waals surface area contributed by atoms with Crippen LogP contribution in [0.25, 0.3) is 11.1 Å². The Hall–Kier alpha value is -3.72. The highest BCUT2D eigenvalue weighted by Crippen LogP contribution is 2.41. The third kappa shape index (κ3) is 6.00. The van der Waals surface area contributed by atoms with Crippen molar-refractivity contribution in [3.05, 3.63) is 52.6 Å². The minimum Gasteiger partial charge on any atom is -0.488 e. The Kier molecular flexibility index (Phi) is 7.92. The minimum absolute atomic E-state index is 0.0138. The Balaban J connectivity index is 1.27. The molecule has 0 spiro atoms. The van der Waals surface area contributed by atoms with Crippen LogP contribution in [0, 0.1) is 11.8 Å². The Labute approximate surface area is 240 Å². The van der Waals surface area contributed by atoms with Crippen molar-refractivity contribution in [1.82, 2.24) is 4.90 Å². The van der Waals surface area contributed by atoms with Crippen LogP contribution in [0.1, 0.15) is 72.4 Å². The summed E-state index contributed by atoms with van der Waals surface area (Å²) in [6.07, 6.45) is 1.43. The van der Waals surface area contributed by atoms with Crippen molar-refractivity contribution in [2.75, 3.05) is 26.9 Å². The highest BCUT2D eigenvalue weighted by molar-refractivity contribution is 6.02. The maximum Gasteiger partial charge on any atom is 0.411 e. The van der Waals surface area contributed by atoms with Crippen molar-refractivity contribution in [2.24, 2.45) is 11.8 Å². The van der Waals surface area contributed by atoms with E-state index in [1.807, 2.05) is 25.1 Å². The van der Waals surface area contributed by atoms with Crippen LogP contribution in [0.2, 0.25) is 0 Å². The van der Waals surface area contributed by atoms with Gasteiger partial charge in [0.15, 0.2) is 18.2 Å². The van der Waals surface area contributed by atoms with Gasteiger partial charge in [0, 0.05) is 42.2 Å². The molecule has 5 rings (SSSR count). The Morgan fingerprint density at radius 3 is 2.56 bits per heavy atom. The summed E-state index contributed by atoms with van der Waals surface area (Å²) in [4.78, 5) is 52.9. The molecule has 1 amide bonds. The van der Waals surface area contributed by atoms with E-state index in [1.54, 1.807) is 40.0 Å². The highest BCUT2D eigenvalue weighted by atomic mass is 16.6. The van der Waals surface area contributed by atoms with Crippen molar-refractivity contribution in [1.29, 1.82) is 0 Å². The molecule has 2 heterocycles. The third-order valence-electron chi connectivity index (χ3n) is 7.90. The highest BCUT2D eigenvalue weighted by Gasteiger charge is 2.42. The van der Waals surface area contributed by atoms with E-state index in [1.165, 1.54) is 4.90 Å². The standard InChI is InChI=1S/C32H37NO8/c1-18-6-7-20-12-25-23-9-8-21(11-22(23)16-39-28(25)13-24(20)29(18)35)27(34)17-40-30(36)26-10-19(15-38-5)14-33(26)31(37)41-32(2,3)4/h8-9,11-13,18-19,26H,6-7,10,14-17H2,1-5H3/t18?,19-,26-/m0/s1. The number of amides is 1. The number of Topliss-reactive ketones (excluding diaryl/α,β-unsaturated/α-hetero) is 2. The van der Waals surface area contributed by atoms with Gasteiger partial charge in [-0.15, -0.1) is 0 Å². The Morgan fingerprint density at radius 2 is 1.83 bits per heavy atom. The molecule has 2 aliphatic heterocycles. The fourth-order valence-corrected chi connectivity index (χ4v) is 5.81. The van der Waals surface area contributed by atoms with E-state index < -0.39 is 30.3 Å². The lowest BCUT2D eigenvalue weighted by atomic mass is 9.81. The SMILES string of the molecule is COC[C@H]1C[C@@H](C(=O)OCC(=O)c2ccc3c(c2)COc2cc4c(cc2-3)CCC(C)C4=O)N(C(=O)OC(C)(C)C)C1. The van der Waals surface area contributed by atoms with Crippen molar-refractivity contribution >= 4 is 23.6 Å². The molecule has 218 valence electrons. The van der Waals surface area contributed by atoms with Crippen LogP contribution in [0.4, 0.5) is 4.79 Å². The first-order chi connectivity index (χ1) is 19.4. The molecule has 3 aliphatic rings. The molecular weight excluding hydrogens is 526 g/mol.